The number of hydrogen-bond donors (Lipinski definition) is 1. The highest BCUT2D eigenvalue weighted by atomic mass is 16.5. The number of pyridine rings is 1. The van der Waals surface area contributed by atoms with Crippen molar-refractivity contribution in [3.8, 4) is 11.8 Å². The fraction of sp³-hybridized carbons (Fsp3) is 0.400. The molecule has 4 heteroatoms. The molecule has 1 aliphatic carbocycles. The van der Waals surface area contributed by atoms with E-state index in [1.54, 1.807) is 12.1 Å². The zero-order valence-electron chi connectivity index (χ0n) is 7.73. The van der Waals surface area contributed by atoms with Gasteiger partial charge in [0.1, 0.15) is 6.07 Å². The van der Waals surface area contributed by atoms with Crippen molar-refractivity contribution >= 4 is 0 Å². The molecule has 72 valence electrons. The summed E-state index contributed by atoms with van der Waals surface area (Å²) in [6.45, 7) is 0.346. The van der Waals surface area contributed by atoms with Gasteiger partial charge in [-0.25, -0.2) is 4.98 Å². The van der Waals surface area contributed by atoms with E-state index in [0.29, 0.717) is 23.7 Å². The molecule has 0 amide bonds. The van der Waals surface area contributed by atoms with Gasteiger partial charge < -0.3 is 10.5 Å². The van der Waals surface area contributed by atoms with Crippen LogP contribution in [0, 0.1) is 11.3 Å². The molecule has 1 aromatic rings. The molecule has 2 N–H and O–H groups in total. The Morgan fingerprint density at radius 1 is 1.57 bits per heavy atom. The summed E-state index contributed by atoms with van der Waals surface area (Å²) in [6.07, 6.45) is 2.43. The fourth-order valence-corrected chi connectivity index (χ4v) is 1.14. The summed E-state index contributed by atoms with van der Waals surface area (Å²) >= 11 is 0. The van der Waals surface area contributed by atoms with Gasteiger partial charge in [-0.2, -0.15) is 5.26 Å². The van der Waals surface area contributed by atoms with Crippen LogP contribution in [0.25, 0.3) is 0 Å². The van der Waals surface area contributed by atoms with E-state index in [0.717, 1.165) is 12.8 Å². The lowest BCUT2D eigenvalue weighted by atomic mass is 10.3. The normalized spacial score (nSPS) is 14.9. The van der Waals surface area contributed by atoms with Crippen molar-refractivity contribution in [2.45, 2.75) is 25.5 Å². The molecule has 1 aromatic heterocycles. The van der Waals surface area contributed by atoms with E-state index < -0.39 is 0 Å². The first-order valence-electron chi connectivity index (χ1n) is 4.60. The predicted octanol–water partition coefficient (Wildman–Crippen LogP) is 0.953. The molecule has 0 saturated heterocycles. The minimum absolute atomic E-state index is 0.285. The molecule has 1 aliphatic rings. The van der Waals surface area contributed by atoms with Crippen LogP contribution in [0.1, 0.15) is 24.2 Å². The summed E-state index contributed by atoms with van der Waals surface area (Å²) in [7, 11) is 0. The summed E-state index contributed by atoms with van der Waals surface area (Å²) in [6, 6.07) is 5.57. The average Bonchev–Trinajstić information content (AvgIpc) is 3.02. The van der Waals surface area contributed by atoms with Gasteiger partial charge in [-0.05, 0) is 25.0 Å². The van der Waals surface area contributed by atoms with Crippen LogP contribution in [0.15, 0.2) is 12.1 Å². The quantitative estimate of drug-likeness (QED) is 0.768. The number of aromatic nitrogens is 1. The summed E-state index contributed by atoms with van der Waals surface area (Å²) in [5, 5.41) is 8.84. The lowest BCUT2D eigenvalue weighted by molar-refractivity contribution is 0.301. The molecule has 1 fully saturated rings. The van der Waals surface area contributed by atoms with Crippen LogP contribution < -0.4 is 10.5 Å². The van der Waals surface area contributed by atoms with Crippen LogP contribution >= 0.6 is 0 Å². The van der Waals surface area contributed by atoms with Crippen LogP contribution in [0.2, 0.25) is 0 Å². The van der Waals surface area contributed by atoms with Gasteiger partial charge in [-0.15, -0.1) is 0 Å². The Balaban J connectivity index is 2.25. The summed E-state index contributed by atoms with van der Waals surface area (Å²) < 4.78 is 5.52. The van der Waals surface area contributed by atoms with Crippen molar-refractivity contribution in [1.82, 2.24) is 4.98 Å². The van der Waals surface area contributed by atoms with E-state index in [4.69, 9.17) is 15.7 Å². The molecule has 0 radical (unpaired) electrons. The first-order chi connectivity index (χ1) is 6.83. The molecule has 14 heavy (non-hydrogen) atoms. The number of nitriles is 1. The van der Waals surface area contributed by atoms with Gasteiger partial charge in [-0.1, -0.05) is 0 Å². The van der Waals surface area contributed by atoms with E-state index >= 15 is 0 Å². The lowest BCUT2D eigenvalue weighted by Crippen LogP contribution is -2.04. The number of hydrogen-bond acceptors (Lipinski definition) is 4. The monoisotopic (exact) mass is 189 g/mol. The molecule has 1 heterocycles. The van der Waals surface area contributed by atoms with E-state index in [9.17, 15) is 0 Å². The Kier molecular flexibility index (Phi) is 2.33. The van der Waals surface area contributed by atoms with Gasteiger partial charge in [0, 0.05) is 6.54 Å². The second-order valence-electron chi connectivity index (χ2n) is 3.28. The maximum absolute atomic E-state index is 8.84. The highest BCUT2D eigenvalue weighted by Gasteiger charge is 2.24. The minimum Gasteiger partial charge on any atom is -0.487 e. The predicted molar refractivity (Wildman–Crippen MR) is 50.5 cm³/mol. The zero-order chi connectivity index (χ0) is 9.97. The van der Waals surface area contributed by atoms with E-state index in [1.807, 2.05) is 6.07 Å². The van der Waals surface area contributed by atoms with Gasteiger partial charge in [0.05, 0.1) is 11.8 Å². The second-order valence-corrected chi connectivity index (χ2v) is 3.28. The average molecular weight is 189 g/mol. The van der Waals surface area contributed by atoms with Crippen LogP contribution in [0.4, 0.5) is 0 Å². The number of rotatable bonds is 3. The molecule has 1 saturated carbocycles. The molecular weight excluding hydrogens is 178 g/mol. The highest BCUT2D eigenvalue weighted by molar-refractivity contribution is 5.38. The van der Waals surface area contributed by atoms with Crippen LogP contribution in [0.5, 0.6) is 5.75 Å². The number of nitrogens with zero attached hydrogens (tertiary/aromatic N) is 2. The van der Waals surface area contributed by atoms with Gasteiger partial charge in [-0.3, -0.25) is 0 Å². The molecule has 0 aromatic carbocycles. The van der Waals surface area contributed by atoms with Gasteiger partial charge >= 0.3 is 0 Å². The first-order valence-corrected chi connectivity index (χ1v) is 4.60. The van der Waals surface area contributed by atoms with Gasteiger partial charge in [0.2, 0.25) is 0 Å². The molecular formula is C10H11N3O. The Hall–Kier alpha value is -1.60. The van der Waals surface area contributed by atoms with Crippen LogP contribution in [-0.4, -0.2) is 11.1 Å². The smallest absolute Gasteiger partial charge is 0.182 e. The third-order valence-corrected chi connectivity index (χ3v) is 2.05. The van der Waals surface area contributed by atoms with Gasteiger partial charge in [0.25, 0.3) is 0 Å². The van der Waals surface area contributed by atoms with Crippen molar-refractivity contribution < 1.29 is 4.74 Å². The Morgan fingerprint density at radius 3 is 2.93 bits per heavy atom. The summed E-state index contributed by atoms with van der Waals surface area (Å²) in [5.74, 6) is 0.576. The SMILES string of the molecule is N#Cc1nc(CN)ccc1OC1CC1. The fourth-order valence-electron chi connectivity index (χ4n) is 1.14. The van der Waals surface area contributed by atoms with Crippen molar-refractivity contribution in [1.29, 1.82) is 5.26 Å². The van der Waals surface area contributed by atoms with E-state index in [-0.39, 0.29) is 6.10 Å². The molecule has 0 atom stereocenters. The van der Waals surface area contributed by atoms with Gasteiger partial charge in [0.15, 0.2) is 11.4 Å². The summed E-state index contributed by atoms with van der Waals surface area (Å²) in [4.78, 5) is 4.08. The second kappa shape index (κ2) is 3.64. The zero-order valence-corrected chi connectivity index (χ0v) is 7.73. The Bertz CT molecular complexity index is 379. The molecule has 0 aliphatic heterocycles. The molecule has 2 rings (SSSR count). The Labute approximate surface area is 82.3 Å². The van der Waals surface area contributed by atoms with E-state index in [1.165, 1.54) is 0 Å². The summed E-state index contributed by atoms with van der Waals surface area (Å²) in [5.41, 5.74) is 6.47. The maximum atomic E-state index is 8.84. The Morgan fingerprint density at radius 2 is 2.36 bits per heavy atom. The molecule has 4 nitrogen and oxygen atoms in total. The maximum Gasteiger partial charge on any atom is 0.182 e. The highest BCUT2D eigenvalue weighted by Crippen LogP contribution is 2.28. The number of nitrogens with two attached hydrogens (primary N) is 1. The standard InChI is InChI=1S/C10H11N3O/c11-5-7-1-4-10(9(6-12)13-7)14-8-2-3-8/h1,4,8H,2-3,5,11H2. The van der Waals surface area contributed by atoms with Crippen molar-refractivity contribution in [2.24, 2.45) is 5.73 Å². The minimum atomic E-state index is 0.285. The third-order valence-electron chi connectivity index (χ3n) is 2.05. The van der Waals surface area contributed by atoms with Crippen molar-refractivity contribution in [3.63, 3.8) is 0 Å². The van der Waals surface area contributed by atoms with Crippen LogP contribution in [-0.2, 0) is 6.54 Å². The van der Waals surface area contributed by atoms with Crippen LogP contribution in [0.3, 0.4) is 0 Å². The largest absolute Gasteiger partial charge is 0.487 e. The molecule has 0 unspecified atom stereocenters. The lowest BCUT2D eigenvalue weighted by Gasteiger charge is -2.06. The first kappa shape index (κ1) is 8.97. The molecule has 0 spiro atoms. The topological polar surface area (TPSA) is 71.9 Å². The molecule has 0 bridgehead atoms. The van der Waals surface area contributed by atoms with E-state index in [2.05, 4.69) is 4.98 Å². The third kappa shape index (κ3) is 1.83. The van der Waals surface area contributed by atoms with Crippen molar-refractivity contribution in [3.05, 3.63) is 23.5 Å². The van der Waals surface area contributed by atoms with Crippen molar-refractivity contribution in [2.75, 3.05) is 0 Å². The number of ether oxygens (including phenoxy) is 1.